The highest BCUT2D eigenvalue weighted by Crippen LogP contribution is 2.05. The number of aromatic nitrogens is 1. The average molecular weight is 184 g/mol. The molecular formula is C9H16N2S. The molecule has 0 saturated heterocycles. The summed E-state index contributed by atoms with van der Waals surface area (Å²) in [5.41, 5.74) is 1.88. The van der Waals surface area contributed by atoms with Crippen molar-refractivity contribution >= 4 is 11.3 Å². The van der Waals surface area contributed by atoms with Crippen molar-refractivity contribution in [2.75, 3.05) is 0 Å². The molecule has 2 nitrogen and oxygen atoms in total. The summed E-state index contributed by atoms with van der Waals surface area (Å²) in [6, 6.07) is 0.622. The number of nitrogens with one attached hydrogen (secondary N) is 1. The second-order valence-electron chi connectivity index (χ2n) is 3.04. The fraction of sp³-hybridized carbons (Fsp3) is 0.667. The molecule has 0 fully saturated rings. The first-order chi connectivity index (χ1) is 5.83. The largest absolute Gasteiger partial charge is 0.309 e. The van der Waals surface area contributed by atoms with E-state index in [1.54, 1.807) is 11.3 Å². The van der Waals surface area contributed by atoms with Crippen LogP contribution in [0.1, 0.15) is 31.6 Å². The van der Waals surface area contributed by atoms with Crippen molar-refractivity contribution in [2.45, 2.75) is 39.3 Å². The molecule has 1 aromatic heterocycles. The Morgan fingerprint density at radius 3 is 3.08 bits per heavy atom. The van der Waals surface area contributed by atoms with Gasteiger partial charge in [-0.25, -0.2) is 0 Å². The first kappa shape index (κ1) is 9.68. The summed E-state index contributed by atoms with van der Waals surface area (Å²) in [5.74, 6) is 0. The molecule has 68 valence electrons. The molecule has 1 aromatic rings. The molecule has 0 aromatic carbocycles. The first-order valence-electron chi connectivity index (χ1n) is 4.43. The molecule has 3 heteroatoms. The maximum absolute atomic E-state index is 4.02. The highest BCUT2D eigenvalue weighted by atomic mass is 32.1. The van der Waals surface area contributed by atoms with Crippen LogP contribution in [0.25, 0.3) is 0 Å². The number of hydrogen-bond donors (Lipinski definition) is 1. The zero-order valence-corrected chi connectivity index (χ0v) is 8.53. The Morgan fingerprint density at radius 2 is 2.50 bits per heavy atom. The maximum Gasteiger partial charge on any atom is 0.0794 e. The second kappa shape index (κ2) is 5.27. The number of thiazole rings is 1. The van der Waals surface area contributed by atoms with Gasteiger partial charge in [-0.2, -0.15) is 0 Å². The molecular weight excluding hydrogens is 168 g/mol. The van der Waals surface area contributed by atoms with Crippen molar-refractivity contribution in [1.82, 2.24) is 10.3 Å². The van der Waals surface area contributed by atoms with E-state index in [-0.39, 0.29) is 0 Å². The molecule has 12 heavy (non-hydrogen) atoms. The highest BCUT2D eigenvalue weighted by Gasteiger charge is 1.99. The van der Waals surface area contributed by atoms with Crippen LogP contribution in [0.2, 0.25) is 0 Å². The van der Waals surface area contributed by atoms with Crippen LogP contribution in [-0.4, -0.2) is 11.0 Å². The van der Waals surface area contributed by atoms with Gasteiger partial charge in [-0.3, -0.25) is 4.98 Å². The van der Waals surface area contributed by atoms with Crippen LogP contribution in [0.4, 0.5) is 0 Å². The van der Waals surface area contributed by atoms with Crippen molar-refractivity contribution in [3.8, 4) is 0 Å². The minimum atomic E-state index is 0.622. The highest BCUT2D eigenvalue weighted by molar-refractivity contribution is 7.09. The summed E-state index contributed by atoms with van der Waals surface area (Å²) >= 11 is 1.71. The number of nitrogens with zero attached hydrogens (tertiary/aromatic N) is 1. The summed E-state index contributed by atoms with van der Waals surface area (Å²) in [7, 11) is 0. The van der Waals surface area contributed by atoms with Crippen LogP contribution in [0.5, 0.6) is 0 Å². The van der Waals surface area contributed by atoms with Gasteiger partial charge >= 0.3 is 0 Å². The Bertz CT molecular complexity index is 196. The maximum atomic E-state index is 4.02. The molecule has 0 saturated carbocycles. The third-order valence-electron chi connectivity index (χ3n) is 1.83. The molecule has 1 rings (SSSR count). The van der Waals surface area contributed by atoms with E-state index in [4.69, 9.17) is 0 Å². The lowest BCUT2D eigenvalue weighted by molar-refractivity contribution is 0.511. The van der Waals surface area contributed by atoms with Gasteiger partial charge in [0.05, 0.1) is 5.51 Å². The molecule has 0 bridgehead atoms. The van der Waals surface area contributed by atoms with Crippen molar-refractivity contribution in [3.05, 3.63) is 16.6 Å². The molecule has 1 unspecified atom stereocenters. The summed E-state index contributed by atoms with van der Waals surface area (Å²) in [5, 5.41) is 3.46. The third-order valence-corrected chi connectivity index (χ3v) is 2.61. The summed E-state index contributed by atoms with van der Waals surface area (Å²) in [6.45, 7) is 5.40. The Kier molecular flexibility index (Phi) is 4.25. The van der Waals surface area contributed by atoms with E-state index < -0.39 is 0 Å². The second-order valence-corrected chi connectivity index (χ2v) is 4.01. The van der Waals surface area contributed by atoms with Crippen LogP contribution in [0.15, 0.2) is 11.7 Å². The van der Waals surface area contributed by atoms with E-state index in [2.05, 4.69) is 24.1 Å². The molecule has 0 aliphatic rings. The quantitative estimate of drug-likeness (QED) is 0.760. The van der Waals surface area contributed by atoms with E-state index in [0.717, 1.165) is 6.54 Å². The summed E-state index contributed by atoms with van der Waals surface area (Å²) in [6.07, 6.45) is 4.42. The topological polar surface area (TPSA) is 24.9 Å². The lowest BCUT2D eigenvalue weighted by Gasteiger charge is -2.10. The average Bonchev–Trinajstić information content (AvgIpc) is 2.53. The molecule has 1 heterocycles. The van der Waals surface area contributed by atoms with Crippen LogP contribution in [0.3, 0.4) is 0 Å². The zero-order valence-electron chi connectivity index (χ0n) is 7.71. The van der Waals surface area contributed by atoms with Crippen molar-refractivity contribution < 1.29 is 0 Å². The SMILES string of the molecule is CCCC(C)NCc1cncs1. The number of rotatable bonds is 5. The van der Waals surface area contributed by atoms with Gasteiger partial charge in [0.15, 0.2) is 0 Å². The number of hydrogen-bond acceptors (Lipinski definition) is 3. The van der Waals surface area contributed by atoms with E-state index in [1.807, 2.05) is 11.7 Å². The predicted octanol–water partition coefficient (Wildman–Crippen LogP) is 2.42. The fourth-order valence-electron chi connectivity index (χ4n) is 1.14. The Hall–Kier alpha value is -0.410. The molecule has 1 N–H and O–H groups in total. The minimum absolute atomic E-state index is 0.622. The molecule has 0 spiro atoms. The zero-order chi connectivity index (χ0) is 8.81. The minimum Gasteiger partial charge on any atom is -0.309 e. The molecule has 1 atom stereocenters. The smallest absolute Gasteiger partial charge is 0.0794 e. The van der Waals surface area contributed by atoms with Crippen molar-refractivity contribution in [2.24, 2.45) is 0 Å². The predicted molar refractivity (Wildman–Crippen MR) is 53.3 cm³/mol. The van der Waals surface area contributed by atoms with Crippen molar-refractivity contribution in [3.63, 3.8) is 0 Å². The van der Waals surface area contributed by atoms with Gasteiger partial charge < -0.3 is 5.32 Å². The van der Waals surface area contributed by atoms with Crippen molar-refractivity contribution in [1.29, 1.82) is 0 Å². The fourth-order valence-corrected chi connectivity index (χ4v) is 1.68. The third kappa shape index (κ3) is 3.32. The van der Waals surface area contributed by atoms with E-state index in [1.165, 1.54) is 17.7 Å². The first-order valence-corrected chi connectivity index (χ1v) is 5.31. The lowest BCUT2D eigenvalue weighted by atomic mass is 10.2. The molecule has 0 aliphatic carbocycles. The van der Waals surface area contributed by atoms with Crippen LogP contribution in [-0.2, 0) is 6.54 Å². The van der Waals surface area contributed by atoms with Crippen LogP contribution >= 0.6 is 11.3 Å². The Labute approximate surface area is 78.0 Å². The Balaban J connectivity index is 2.17. The van der Waals surface area contributed by atoms with Gasteiger partial charge in [-0.1, -0.05) is 13.3 Å². The monoisotopic (exact) mass is 184 g/mol. The van der Waals surface area contributed by atoms with Gasteiger partial charge in [0.2, 0.25) is 0 Å². The normalized spacial score (nSPS) is 13.2. The van der Waals surface area contributed by atoms with E-state index in [0.29, 0.717) is 6.04 Å². The molecule has 0 amide bonds. The van der Waals surface area contributed by atoms with Gasteiger partial charge in [0.1, 0.15) is 0 Å². The summed E-state index contributed by atoms with van der Waals surface area (Å²) < 4.78 is 0. The van der Waals surface area contributed by atoms with Gasteiger partial charge in [0.25, 0.3) is 0 Å². The van der Waals surface area contributed by atoms with Crippen LogP contribution in [0, 0.1) is 0 Å². The lowest BCUT2D eigenvalue weighted by Crippen LogP contribution is -2.24. The molecule has 0 aliphatic heterocycles. The standard InChI is InChI=1S/C9H16N2S/c1-3-4-8(2)11-6-9-5-10-7-12-9/h5,7-8,11H,3-4,6H2,1-2H3. The van der Waals surface area contributed by atoms with Gasteiger partial charge in [-0.05, 0) is 13.3 Å². The van der Waals surface area contributed by atoms with Crippen LogP contribution < -0.4 is 5.32 Å². The van der Waals surface area contributed by atoms with E-state index in [9.17, 15) is 0 Å². The van der Waals surface area contributed by atoms with Gasteiger partial charge in [-0.15, -0.1) is 11.3 Å². The molecule has 0 radical (unpaired) electrons. The van der Waals surface area contributed by atoms with Gasteiger partial charge in [0, 0.05) is 23.7 Å². The Morgan fingerprint density at radius 1 is 1.67 bits per heavy atom. The summed E-state index contributed by atoms with van der Waals surface area (Å²) in [4.78, 5) is 5.34. The van der Waals surface area contributed by atoms with E-state index >= 15 is 0 Å².